The summed E-state index contributed by atoms with van der Waals surface area (Å²) >= 11 is 0. The van der Waals surface area contributed by atoms with Crippen molar-refractivity contribution < 1.29 is 9.18 Å². The zero-order chi connectivity index (χ0) is 19.5. The molecule has 0 atom stereocenters. The average molecular weight is 374 g/mol. The summed E-state index contributed by atoms with van der Waals surface area (Å²) in [5.41, 5.74) is 2.33. The maximum absolute atomic E-state index is 14.3. The smallest absolute Gasteiger partial charge is 0.277 e. The number of amides is 1. The van der Waals surface area contributed by atoms with Gasteiger partial charge in [-0.2, -0.15) is 5.10 Å². The Morgan fingerprint density at radius 3 is 2.71 bits per heavy atom. The van der Waals surface area contributed by atoms with Gasteiger partial charge in [0.05, 0.1) is 17.1 Å². The van der Waals surface area contributed by atoms with E-state index in [2.05, 4.69) is 25.4 Å². The number of hydrogen-bond acceptors (Lipinski definition) is 5. The molecule has 28 heavy (non-hydrogen) atoms. The van der Waals surface area contributed by atoms with Crippen molar-refractivity contribution in [3.8, 4) is 22.6 Å². The van der Waals surface area contributed by atoms with Crippen LogP contribution in [-0.2, 0) is 7.05 Å². The molecule has 0 aliphatic rings. The van der Waals surface area contributed by atoms with Crippen LogP contribution in [0.2, 0.25) is 0 Å². The van der Waals surface area contributed by atoms with E-state index in [-0.39, 0.29) is 5.69 Å². The number of carbonyl (C=O) groups excluding carboxylic acids is 1. The van der Waals surface area contributed by atoms with E-state index in [4.69, 9.17) is 0 Å². The Balaban J connectivity index is 1.67. The number of anilines is 1. The molecular formula is C20H15FN6O. The summed E-state index contributed by atoms with van der Waals surface area (Å²) in [6.07, 6.45) is 6.49. The van der Waals surface area contributed by atoms with Gasteiger partial charge < -0.3 is 5.32 Å². The first-order valence-corrected chi connectivity index (χ1v) is 8.45. The molecule has 0 saturated heterocycles. The van der Waals surface area contributed by atoms with E-state index >= 15 is 0 Å². The number of nitrogens with one attached hydrogen (secondary N) is 1. The van der Waals surface area contributed by atoms with Gasteiger partial charge in [0.25, 0.3) is 5.91 Å². The fourth-order valence-corrected chi connectivity index (χ4v) is 2.73. The molecule has 0 fully saturated rings. The van der Waals surface area contributed by atoms with Crippen molar-refractivity contribution in [1.29, 1.82) is 0 Å². The zero-order valence-electron chi connectivity index (χ0n) is 14.9. The molecule has 0 aliphatic heterocycles. The number of nitrogens with zero attached hydrogens (tertiary/aromatic N) is 5. The SMILES string of the molecule is Cn1cc(NC(=O)c2nc(-c3cccnc3)ccc2F)c(-c2ccccn2)n1. The second kappa shape index (κ2) is 7.36. The minimum atomic E-state index is -0.714. The number of aromatic nitrogens is 5. The molecule has 7 nitrogen and oxygen atoms in total. The molecule has 0 saturated carbocycles. The molecule has 0 spiro atoms. The number of halogens is 1. The third kappa shape index (κ3) is 3.48. The van der Waals surface area contributed by atoms with Crippen LogP contribution < -0.4 is 5.32 Å². The Kier molecular flexibility index (Phi) is 4.59. The summed E-state index contributed by atoms with van der Waals surface area (Å²) < 4.78 is 15.8. The first kappa shape index (κ1) is 17.5. The molecule has 1 amide bonds. The Hall–Kier alpha value is -3.94. The molecule has 0 unspecified atom stereocenters. The average Bonchev–Trinajstić information content (AvgIpc) is 3.09. The Morgan fingerprint density at radius 1 is 1.07 bits per heavy atom. The molecular weight excluding hydrogens is 359 g/mol. The van der Waals surface area contributed by atoms with Crippen molar-refractivity contribution in [3.05, 3.63) is 78.8 Å². The molecule has 0 aliphatic carbocycles. The van der Waals surface area contributed by atoms with Gasteiger partial charge in [0, 0.05) is 37.4 Å². The van der Waals surface area contributed by atoms with Crippen molar-refractivity contribution in [3.63, 3.8) is 0 Å². The summed E-state index contributed by atoms with van der Waals surface area (Å²) in [5, 5.41) is 7.02. The van der Waals surface area contributed by atoms with E-state index in [1.165, 1.54) is 12.1 Å². The maximum atomic E-state index is 14.3. The molecule has 1 N–H and O–H groups in total. The third-order valence-electron chi connectivity index (χ3n) is 4.00. The minimum absolute atomic E-state index is 0.308. The van der Waals surface area contributed by atoms with E-state index in [9.17, 15) is 9.18 Å². The molecule has 0 aromatic carbocycles. The van der Waals surface area contributed by atoms with Gasteiger partial charge in [-0.1, -0.05) is 6.07 Å². The molecule has 4 rings (SSSR count). The highest BCUT2D eigenvalue weighted by Gasteiger charge is 2.19. The predicted octanol–water partition coefficient (Wildman–Crippen LogP) is 3.33. The molecule has 0 radical (unpaired) electrons. The van der Waals surface area contributed by atoms with E-state index in [0.29, 0.717) is 28.3 Å². The molecule has 138 valence electrons. The van der Waals surface area contributed by atoms with Gasteiger partial charge in [-0.25, -0.2) is 9.37 Å². The van der Waals surface area contributed by atoms with Crippen molar-refractivity contribution in [2.75, 3.05) is 5.32 Å². The number of pyridine rings is 3. The van der Waals surface area contributed by atoms with E-state index in [1.54, 1.807) is 60.8 Å². The number of carbonyl (C=O) groups is 1. The van der Waals surface area contributed by atoms with Gasteiger partial charge in [-0.05, 0) is 36.4 Å². The van der Waals surface area contributed by atoms with Crippen LogP contribution >= 0.6 is 0 Å². The first-order chi connectivity index (χ1) is 13.6. The molecule has 4 heterocycles. The van der Waals surface area contributed by atoms with Gasteiger partial charge in [-0.15, -0.1) is 0 Å². The molecule has 0 bridgehead atoms. The highest BCUT2D eigenvalue weighted by molar-refractivity contribution is 6.05. The van der Waals surface area contributed by atoms with E-state index < -0.39 is 11.7 Å². The Morgan fingerprint density at radius 2 is 1.96 bits per heavy atom. The molecule has 4 aromatic rings. The highest BCUT2D eigenvalue weighted by Crippen LogP contribution is 2.25. The minimum Gasteiger partial charge on any atom is -0.317 e. The second-order valence-electron chi connectivity index (χ2n) is 6.00. The van der Waals surface area contributed by atoms with Crippen LogP contribution in [0.1, 0.15) is 10.5 Å². The number of aryl methyl sites for hydroxylation is 1. The van der Waals surface area contributed by atoms with Crippen molar-refractivity contribution in [1.82, 2.24) is 24.7 Å². The highest BCUT2D eigenvalue weighted by atomic mass is 19.1. The van der Waals surface area contributed by atoms with Crippen LogP contribution in [0.4, 0.5) is 10.1 Å². The van der Waals surface area contributed by atoms with Gasteiger partial charge in [0.15, 0.2) is 11.5 Å². The summed E-state index contributed by atoms with van der Waals surface area (Å²) in [6.45, 7) is 0. The second-order valence-corrected chi connectivity index (χ2v) is 6.00. The van der Waals surface area contributed by atoms with Crippen molar-refractivity contribution in [2.24, 2.45) is 7.05 Å². The van der Waals surface area contributed by atoms with E-state index in [0.717, 1.165) is 0 Å². The van der Waals surface area contributed by atoms with Crippen LogP contribution in [0.25, 0.3) is 22.6 Å². The summed E-state index contributed by atoms with van der Waals surface area (Å²) in [4.78, 5) is 25.2. The lowest BCUT2D eigenvalue weighted by Crippen LogP contribution is -2.16. The van der Waals surface area contributed by atoms with Gasteiger partial charge in [-0.3, -0.25) is 19.4 Å². The number of rotatable bonds is 4. The monoisotopic (exact) mass is 374 g/mol. The lowest BCUT2D eigenvalue weighted by atomic mass is 10.1. The summed E-state index contributed by atoms with van der Waals surface area (Å²) in [7, 11) is 1.73. The van der Waals surface area contributed by atoms with Crippen LogP contribution in [0.15, 0.2) is 67.3 Å². The molecule has 8 heteroatoms. The van der Waals surface area contributed by atoms with E-state index in [1.807, 2.05) is 6.07 Å². The zero-order valence-corrected chi connectivity index (χ0v) is 14.9. The van der Waals surface area contributed by atoms with Gasteiger partial charge >= 0.3 is 0 Å². The largest absolute Gasteiger partial charge is 0.317 e. The normalized spacial score (nSPS) is 10.6. The predicted molar refractivity (Wildman–Crippen MR) is 102 cm³/mol. The number of hydrogen-bond donors (Lipinski definition) is 1. The van der Waals surface area contributed by atoms with Crippen molar-refractivity contribution in [2.45, 2.75) is 0 Å². The maximum Gasteiger partial charge on any atom is 0.277 e. The third-order valence-corrected chi connectivity index (χ3v) is 4.00. The summed E-state index contributed by atoms with van der Waals surface area (Å²) in [6, 6.07) is 11.6. The summed E-state index contributed by atoms with van der Waals surface area (Å²) in [5.74, 6) is -1.39. The molecule has 4 aromatic heterocycles. The van der Waals surface area contributed by atoms with Gasteiger partial charge in [0.1, 0.15) is 5.69 Å². The van der Waals surface area contributed by atoms with Crippen molar-refractivity contribution >= 4 is 11.6 Å². The van der Waals surface area contributed by atoms with Crippen LogP contribution in [0, 0.1) is 5.82 Å². The first-order valence-electron chi connectivity index (χ1n) is 8.45. The lowest BCUT2D eigenvalue weighted by molar-refractivity contribution is 0.101. The topological polar surface area (TPSA) is 85.6 Å². The lowest BCUT2D eigenvalue weighted by Gasteiger charge is -2.07. The fraction of sp³-hybridized carbons (Fsp3) is 0.0500. The quantitative estimate of drug-likeness (QED) is 0.592. The standard InChI is InChI=1S/C20H15FN6O/c1-27-12-17(19(26-27)16-6-2-3-10-23-16)25-20(28)18-14(21)7-8-15(24-18)13-5-4-9-22-11-13/h2-12H,1H3,(H,25,28). The van der Waals surface area contributed by atoms with Crippen LogP contribution in [0.3, 0.4) is 0 Å². The van der Waals surface area contributed by atoms with Crippen LogP contribution in [-0.4, -0.2) is 30.6 Å². The Labute approximate surface area is 159 Å². The van der Waals surface area contributed by atoms with Gasteiger partial charge in [0.2, 0.25) is 0 Å². The van der Waals surface area contributed by atoms with Crippen LogP contribution in [0.5, 0.6) is 0 Å². The Bertz CT molecular complexity index is 1130. The fourth-order valence-electron chi connectivity index (χ4n) is 2.73.